The van der Waals surface area contributed by atoms with Crippen LogP contribution in [-0.2, 0) is 24.6 Å². The lowest BCUT2D eigenvalue weighted by molar-refractivity contribution is -0.138. The number of nitrogens with one attached hydrogen (secondary N) is 1. The number of alkyl halides is 3. The minimum atomic E-state index is -4.70. The summed E-state index contributed by atoms with van der Waals surface area (Å²) >= 11 is 0. The molecule has 226 valence electrons. The summed E-state index contributed by atoms with van der Waals surface area (Å²) < 4.78 is 54.7. The smallest absolute Gasteiger partial charge is 0.402 e. The van der Waals surface area contributed by atoms with Gasteiger partial charge in [-0.3, -0.25) is 0 Å². The number of anilines is 1. The van der Waals surface area contributed by atoms with Crippen LogP contribution in [0.5, 0.6) is 0 Å². The Hall–Kier alpha value is -4.18. The summed E-state index contributed by atoms with van der Waals surface area (Å²) in [6.45, 7) is 7.92. The van der Waals surface area contributed by atoms with Crippen molar-refractivity contribution in [3.05, 3.63) is 99.8 Å². The zero-order chi connectivity index (χ0) is 31.1. The number of benzene rings is 2. The van der Waals surface area contributed by atoms with Gasteiger partial charge in [0.25, 0.3) is 0 Å². The predicted octanol–water partition coefficient (Wildman–Crippen LogP) is 7.32. The second kappa shape index (κ2) is 11.5. The molecule has 3 heterocycles. The molecule has 5 rings (SSSR count). The number of para-hydroxylation sites is 1. The highest BCUT2D eigenvalue weighted by atomic mass is 19.4. The van der Waals surface area contributed by atoms with E-state index in [1.54, 1.807) is 24.9 Å². The summed E-state index contributed by atoms with van der Waals surface area (Å²) in [5.74, 6) is -1.23. The van der Waals surface area contributed by atoms with Gasteiger partial charge in [0.05, 0.1) is 28.1 Å². The number of halogens is 4. The number of nitrogens with zero attached hydrogens (tertiary/aromatic N) is 3. The fraction of sp³-hybridized carbons (Fsp3) is 0.333. The molecule has 0 aliphatic carbocycles. The number of rotatable bonds is 7. The molecule has 0 atom stereocenters. The lowest BCUT2D eigenvalue weighted by Crippen LogP contribution is -2.37. The minimum absolute atomic E-state index is 0.0921. The fourth-order valence-corrected chi connectivity index (χ4v) is 5.64. The highest BCUT2D eigenvalue weighted by Crippen LogP contribution is 2.36. The predicted molar refractivity (Wildman–Crippen MR) is 162 cm³/mol. The lowest BCUT2D eigenvalue weighted by Gasteiger charge is -2.32. The molecule has 4 aromatic rings. The van der Waals surface area contributed by atoms with Crippen molar-refractivity contribution in [2.45, 2.75) is 58.7 Å². The van der Waals surface area contributed by atoms with Crippen molar-refractivity contribution in [1.29, 1.82) is 0 Å². The number of aromatic amines is 1. The summed E-state index contributed by atoms with van der Waals surface area (Å²) in [5.41, 5.74) is 11.3. The summed E-state index contributed by atoms with van der Waals surface area (Å²) in [6, 6.07) is 12.2. The number of aryl methyl sites for hydroxylation is 2. The van der Waals surface area contributed by atoms with Crippen LogP contribution in [0.4, 0.5) is 29.1 Å². The zero-order valence-electron chi connectivity index (χ0n) is 24.6. The molecule has 0 spiro atoms. The molecule has 6 nitrogen and oxygen atoms in total. The molecule has 0 amide bonds. The van der Waals surface area contributed by atoms with Gasteiger partial charge in [-0.15, -0.1) is 0 Å². The Morgan fingerprint density at radius 2 is 1.79 bits per heavy atom. The number of hydrogen-bond donors (Lipinski definition) is 3. The van der Waals surface area contributed by atoms with Gasteiger partial charge in [-0.25, -0.2) is 14.4 Å². The molecule has 0 saturated heterocycles. The van der Waals surface area contributed by atoms with Crippen molar-refractivity contribution in [2.75, 3.05) is 18.0 Å². The van der Waals surface area contributed by atoms with Crippen LogP contribution in [0.2, 0.25) is 0 Å². The summed E-state index contributed by atoms with van der Waals surface area (Å²) in [5, 5.41) is 11.7. The number of hydrogen-bond acceptors (Lipinski definition) is 5. The van der Waals surface area contributed by atoms with Gasteiger partial charge in [-0.1, -0.05) is 44.2 Å². The first-order valence-electron chi connectivity index (χ1n) is 14.3. The second-order valence-corrected chi connectivity index (χ2v) is 11.3. The number of fused-ring (bicyclic) bond motifs is 1. The molecule has 10 heteroatoms. The molecule has 4 N–H and O–H groups in total. The molecule has 0 radical (unpaired) electrons. The van der Waals surface area contributed by atoms with Gasteiger partial charge >= 0.3 is 6.18 Å². The van der Waals surface area contributed by atoms with Crippen LogP contribution in [0.25, 0.3) is 10.9 Å². The highest BCUT2D eigenvalue weighted by Gasteiger charge is 2.33. The van der Waals surface area contributed by atoms with Gasteiger partial charge in [-0.2, -0.15) is 13.2 Å². The van der Waals surface area contributed by atoms with Gasteiger partial charge in [0.15, 0.2) is 11.6 Å². The third kappa shape index (κ3) is 5.88. The van der Waals surface area contributed by atoms with E-state index in [1.165, 1.54) is 0 Å². The first-order valence-corrected chi connectivity index (χ1v) is 14.3. The molecule has 0 saturated carbocycles. The van der Waals surface area contributed by atoms with E-state index >= 15 is 4.39 Å². The summed E-state index contributed by atoms with van der Waals surface area (Å²) in [4.78, 5) is 14.0. The number of aliphatic imine (C=N–C) groups is 1. The van der Waals surface area contributed by atoms with E-state index in [0.29, 0.717) is 41.2 Å². The molecule has 1 aliphatic heterocycles. The fourth-order valence-electron chi connectivity index (χ4n) is 5.64. The van der Waals surface area contributed by atoms with Crippen molar-refractivity contribution in [3.8, 4) is 0 Å². The van der Waals surface area contributed by atoms with E-state index in [9.17, 15) is 18.3 Å². The van der Waals surface area contributed by atoms with Crippen molar-refractivity contribution in [2.24, 2.45) is 10.7 Å². The maximum atomic E-state index is 15.1. The Bertz CT molecular complexity index is 1710. The first kappa shape index (κ1) is 30.3. The van der Waals surface area contributed by atoms with Crippen LogP contribution in [-0.4, -0.2) is 33.9 Å². The Morgan fingerprint density at radius 3 is 2.40 bits per heavy atom. The molecular formula is C33H35F4N5O. The second-order valence-electron chi connectivity index (χ2n) is 11.3. The Labute approximate surface area is 248 Å². The maximum absolute atomic E-state index is 15.1. The Balaban J connectivity index is 1.71. The third-order valence-electron chi connectivity index (χ3n) is 7.95. The number of aliphatic hydroxyl groups is 1. The van der Waals surface area contributed by atoms with E-state index in [2.05, 4.69) is 23.8 Å². The largest absolute Gasteiger partial charge is 0.417 e. The van der Waals surface area contributed by atoms with E-state index < -0.39 is 23.2 Å². The zero-order valence-corrected chi connectivity index (χ0v) is 24.6. The van der Waals surface area contributed by atoms with Gasteiger partial charge in [0.2, 0.25) is 0 Å². The molecule has 0 bridgehead atoms. The molecule has 1 aliphatic rings. The highest BCUT2D eigenvalue weighted by molar-refractivity contribution is 6.21. The van der Waals surface area contributed by atoms with Gasteiger partial charge in [0, 0.05) is 59.7 Å². The van der Waals surface area contributed by atoms with Gasteiger partial charge < -0.3 is 20.7 Å². The normalized spacial score (nSPS) is 15.1. The molecule has 2 aromatic carbocycles. The number of H-pyrrole nitrogens is 1. The third-order valence-corrected chi connectivity index (χ3v) is 7.95. The molecule has 43 heavy (non-hydrogen) atoms. The van der Waals surface area contributed by atoms with E-state index in [-0.39, 0.29) is 18.9 Å². The van der Waals surface area contributed by atoms with E-state index in [0.717, 1.165) is 46.1 Å². The lowest BCUT2D eigenvalue weighted by atomic mass is 9.89. The maximum Gasteiger partial charge on any atom is 0.417 e. The summed E-state index contributed by atoms with van der Waals surface area (Å²) in [7, 11) is 0. The number of aromatic nitrogens is 2. The van der Waals surface area contributed by atoms with Crippen LogP contribution >= 0.6 is 0 Å². The number of pyridine rings is 1. The van der Waals surface area contributed by atoms with Crippen LogP contribution in [0.1, 0.15) is 61.9 Å². The topological polar surface area (TPSA) is 90.5 Å². The monoisotopic (exact) mass is 593 g/mol. The molecule has 0 unspecified atom stereocenters. The molecule has 2 aromatic heterocycles. The minimum Gasteiger partial charge on any atom is -0.402 e. The van der Waals surface area contributed by atoms with E-state index in [1.807, 2.05) is 36.4 Å². The SMILES string of the molecule is CCc1cccc(CC)c1N=C(C1=C(N)CCN(c2ncc(C(F)(F)F)cc2F)C1)c1ccc(C(C)(C)O)c2[nH]ccc12. The van der Waals surface area contributed by atoms with Crippen molar-refractivity contribution < 1.29 is 22.7 Å². The van der Waals surface area contributed by atoms with Crippen molar-refractivity contribution >= 4 is 28.1 Å². The standard InChI is InChI=1S/C33H35F4N5O/c1-5-19-8-7-9-20(6-2)28(19)41-29(22-10-11-25(32(3,4)43)30-23(22)12-14-39-30)24-18-42(15-13-27(24)38)31-26(34)16-21(17-40-31)33(35,36)37/h7-12,14,16-17,39,43H,5-6,13,15,18,38H2,1-4H3. The average Bonchev–Trinajstić information content (AvgIpc) is 3.45. The first-order chi connectivity index (χ1) is 20.3. The van der Waals surface area contributed by atoms with Gasteiger partial charge in [-0.05, 0) is 49.9 Å². The summed E-state index contributed by atoms with van der Waals surface area (Å²) in [6.07, 6.45) is -0.421. The quantitative estimate of drug-likeness (QED) is 0.155. The van der Waals surface area contributed by atoms with Crippen molar-refractivity contribution in [1.82, 2.24) is 9.97 Å². The van der Waals surface area contributed by atoms with Crippen molar-refractivity contribution in [3.63, 3.8) is 0 Å². The van der Waals surface area contributed by atoms with E-state index in [4.69, 9.17) is 10.7 Å². The Morgan fingerprint density at radius 1 is 1.09 bits per heavy atom. The average molecular weight is 594 g/mol. The van der Waals surface area contributed by atoms with Gasteiger partial charge in [0.1, 0.15) is 0 Å². The Kier molecular flexibility index (Phi) is 8.09. The van der Waals surface area contributed by atoms with Crippen LogP contribution in [0.3, 0.4) is 0 Å². The van der Waals surface area contributed by atoms with Crippen LogP contribution in [0.15, 0.2) is 71.1 Å². The molecular weight excluding hydrogens is 558 g/mol. The molecule has 0 fully saturated rings. The van der Waals surface area contributed by atoms with Crippen LogP contribution in [0, 0.1) is 5.82 Å². The van der Waals surface area contributed by atoms with Crippen LogP contribution < -0.4 is 10.6 Å². The number of nitrogens with two attached hydrogens (primary N) is 1.